The van der Waals surface area contributed by atoms with Crippen LogP contribution in [-0.2, 0) is 4.74 Å². The third-order valence-corrected chi connectivity index (χ3v) is 3.61. The first-order valence-corrected chi connectivity index (χ1v) is 8.04. The maximum absolute atomic E-state index is 10.8. The molecule has 7 heteroatoms. The summed E-state index contributed by atoms with van der Waals surface area (Å²) in [7, 11) is 0. The second kappa shape index (κ2) is 7.38. The predicted octanol–water partition coefficient (Wildman–Crippen LogP) is 2.88. The zero-order chi connectivity index (χ0) is 18.6. The lowest BCUT2D eigenvalue weighted by molar-refractivity contribution is 0.112. The highest BCUT2D eigenvalue weighted by atomic mass is 16.5. The Hall–Kier alpha value is -2.83. The summed E-state index contributed by atoms with van der Waals surface area (Å²) in [4.78, 5) is 19.3. The number of aromatic nitrogens is 2. The summed E-state index contributed by atoms with van der Waals surface area (Å²) in [5, 5.41) is 3.23. The molecule has 1 aromatic heterocycles. The molecule has 25 heavy (non-hydrogen) atoms. The van der Waals surface area contributed by atoms with Crippen LogP contribution in [0.2, 0.25) is 0 Å². The van der Waals surface area contributed by atoms with Gasteiger partial charge < -0.3 is 21.5 Å². The summed E-state index contributed by atoms with van der Waals surface area (Å²) >= 11 is 0. The van der Waals surface area contributed by atoms with Gasteiger partial charge >= 0.3 is 6.09 Å². The first kappa shape index (κ1) is 18.5. The molecule has 1 heterocycles. The van der Waals surface area contributed by atoms with E-state index in [0.717, 1.165) is 22.4 Å². The first-order chi connectivity index (χ1) is 11.6. The van der Waals surface area contributed by atoms with E-state index in [9.17, 15) is 4.79 Å². The molecule has 7 nitrogen and oxygen atoms in total. The molecule has 134 valence electrons. The molecule has 1 aromatic carbocycles. The fraction of sp³-hybridized carbons (Fsp3) is 0.389. The van der Waals surface area contributed by atoms with Crippen LogP contribution in [0.4, 0.5) is 16.6 Å². The van der Waals surface area contributed by atoms with Crippen LogP contribution >= 0.6 is 0 Å². The summed E-state index contributed by atoms with van der Waals surface area (Å²) < 4.78 is 4.88. The van der Waals surface area contributed by atoms with Gasteiger partial charge in [-0.1, -0.05) is 31.0 Å². The van der Waals surface area contributed by atoms with Crippen molar-refractivity contribution >= 4 is 17.9 Å². The molecule has 0 aliphatic heterocycles. The van der Waals surface area contributed by atoms with Gasteiger partial charge in [0.15, 0.2) is 0 Å². The molecule has 0 spiro atoms. The van der Waals surface area contributed by atoms with Crippen molar-refractivity contribution in [3.8, 4) is 11.3 Å². The van der Waals surface area contributed by atoms with Crippen LogP contribution in [0.5, 0.6) is 0 Å². The molecule has 0 atom stereocenters. The van der Waals surface area contributed by atoms with Gasteiger partial charge in [0.1, 0.15) is 5.82 Å². The van der Waals surface area contributed by atoms with Gasteiger partial charge in [0.25, 0.3) is 0 Å². The molecule has 0 saturated heterocycles. The second-order valence-corrected chi connectivity index (χ2v) is 7.00. The molecule has 0 unspecified atom stereocenters. The second-order valence-electron chi connectivity index (χ2n) is 7.00. The Morgan fingerprint density at radius 3 is 2.40 bits per heavy atom. The summed E-state index contributed by atoms with van der Waals surface area (Å²) in [5.41, 5.74) is 14.6. The number of primary amides is 1. The van der Waals surface area contributed by atoms with Gasteiger partial charge in [-0.25, -0.2) is 9.78 Å². The molecule has 2 rings (SSSR count). The van der Waals surface area contributed by atoms with Crippen molar-refractivity contribution in [3.05, 3.63) is 35.4 Å². The number of nitrogens with one attached hydrogen (secondary N) is 1. The van der Waals surface area contributed by atoms with Gasteiger partial charge in [-0.3, -0.25) is 0 Å². The molecule has 0 aliphatic rings. The van der Waals surface area contributed by atoms with E-state index in [1.54, 1.807) is 0 Å². The van der Waals surface area contributed by atoms with E-state index in [1.807, 2.05) is 33.8 Å². The highest BCUT2D eigenvalue weighted by Crippen LogP contribution is 2.24. The summed E-state index contributed by atoms with van der Waals surface area (Å²) in [5.74, 6) is 0.819. The van der Waals surface area contributed by atoms with Crippen molar-refractivity contribution in [3.63, 3.8) is 0 Å². The summed E-state index contributed by atoms with van der Waals surface area (Å²) in [6, 6.07) is 8.08. The number of carbonyl (C=O) groups is 1. The number of nitrogen functional groups attached to an aromatic ring is 1. The van der Waals surface area contributed by atoms with Crippen molar-refractivity contribution in [2.75, 3.05) is 24.2 Å². The zero-order valence-corrected chi connectivity index (χ0v) is 15.1. The number of benzene rings is 1. The van der Waals surface area contributed by atoms with E-state index in [0.29, 0.717) is 12.4 Å². The molecular weight excluding hydrogens is 318 g/mol. The van der Waals surface area contributed by atoms with Gasteiger partial charge in [0, 0.05) is 23.6 Å². The van der Waals surface area contributed by atoms with Crippen LogP contribution < -0.4 is 16.8 Å². The number of ether oxygens (including phenoxy) is 1. The minimum absolute atomic E-state index is 0.199. The number of aryl methyl sites for hydroxylation is 2. The Morgan fingerprint density at radius 1 is 1.16 bits per heavy atom. The zero-order valence-electron chi connectivity index (χ0n) is 15.1. The number of nitrogens with zero attached hydrogens (tertiary/aromatic N) is 2. The topological polar surface area (TPSA) is 116 Å². The Labute approximate surface area is 147 Å². The lowest BCUT2D eigenvalue weighted by Crippen LogP contribution is -2.31. The van der Waals surface area contributed by atoms with Crippen molar-refractivity contribution in [1.29, 1.82) is 0 Å². The monoisotopic (exact) mass is 343 g/mol. The normalized spacial score (nSPS) is 11.2. The lowest BCUT2D eigenvalue weighted by Gasteiger charge is -2.24. The first-order valence-electron chi connectivity index (χ1n) is 8.04. The Morgan fingerprint density at radius 2 is 1.80 bits per heavy atom. The number of hydrogen-bond acceptors (Lipinski definition) is 6. The molecule has 0 saturated carbocycles. The average Bonchev–Trinajstić information content (AvgIpc) is 2.50. The fourth-order valence-electron chi connectivity index (χ4n) is 2.47. The Balaban J connectivity index is 2.17. The van der Waals surface area contributed by atoms with Crippen LogP contribution in [0.3, 0.4) is 0 Å². The number of carbonyl (C=O) groups excluding carboxylic acids is 1. The number of hydrogen-bond donors (Lipinski definition) is 3. The van der Waals surface area contributed by atoms with E-state index in [1.165, 1.54) is 0 Å². The molecule has 2 aromatic rings. The minimum atomic E-state index is -0.781. The van der Waals surface area contributed by atoms with Gasteiger partial charge in [0.2, 0.25) is 5.95 Å². The van der Waals surface area contributed by atoms with Crippen LogP contribution in [0.1, 0.15) is 25.0 Å². The maximum atomic E-state index is 10.8. The molecule has 0 bridgehead atoms. The summed E-state index contributed by atoms with van der Waals surface area (Å²) in [6.45, 7) is 8.74. The summed E-state index contributed by atoms with van der Waals surface area (Å²) in [6.07, 6.45) is -0.781. The van der Waals surface area contributed by atoms with Crippen molar-refractivity contribution < 1.29 is 9.53 Å². The van der Waals surface area contributed by atoms with Gasteiger partial charge in [-0.05, 0) is 26.0 Å². The number of anilines is 2. The lowest BCUT2D eigenvalue weighted by atomic mass is 9.95. The fourth-order valence-corrected chi connectivity index (χ4v) is 2.47. The molecule has 0 aliphatic carbocycles. The predicted molar refractivity (Wildman–Crippen MR) is 99.2 cm³/mol. The highest BCUT2D eigenvalue weighted by molar-refractivity contribution is 5.66. The Bertz CT molecular complexity index is 754. The third kappa shape index (κ3) is 5.63. The number of rotatable bonds is 6. The maximum Gasteiger partial charge on any atom is 0.404 e. The molecule has 1 amide bonds. The van der Waals surface area contributed by atoms with Crippen molar-refractivity contribution in [2.24, 2.45) is 11.1 Å². The molecule has 0 fully saturated rings. The smallest absolute Gasteiger partial charge is 0.404 e. The van der Waals surface area contributed by atoms with Gasteiger partial charge in [0.05, 0.1) is 12.3 Å². The molecule has 0 radical (unpaired) electrons. The van der Waals surface area contributed by atoms with E-state index < -0.39 is 6.09 Å². The Kier molecular flexibility index (Phi) is 5.46. The van der Waals surface area contributed by atoms with Gasteiger partial charge in [-0.15, -0.1) is 0 Å². The number of nitrogens with two attached hydrogens (primary N) is 2. The van der Waals surface area contributed by atoms with E-state index >= 15 is 0 Å². The van der Waals surface area contributed by atoms with Crippen LogP contribution in [0.15, 0.2) is 24.3 Å². The third-order valence-electron chi connectivity index (χ3n) is 3.61. The van der Waals surface area contributed by atoms with Crippen LogP contribution in [0.25, 0.3) is 11.3 Å². The molecular formula is C18H25N5O2. The molecule has 5 N–H and O–H groups in total. The SMILES string of the molecule is Cc1cc(C)cc(-c2cc(NCC(C)(C)COC(N)=O)nc(N)n2)c1. The van der Waals surface area contributed by atoms with Crippen molar-refractivity contribution in [1.82, 2.24) is 9.97 Å². The average molecular weight is 343 g/mol. The number of amides is 1. The van der Waals surface area contributed by atoms with Crippen LogP contribution in [0, 0.1) is 19.3 Å². The standard InChI is InChI=1S/C18H25N5O2/c1-11-5-12(2)7-13(6-11)14-8-15(23-16(19)22-14)21-9-18(3,4)10-25-17(20)24/h5-8H,9-10H2,1-4H3,(H2,20,24)(H3,19,21,22,23). The van der Waals surface area contributed by atoms with E-state index in [-0.39, 0.29) is 18.0 Å². The van der Waals surface area contributed by atoms with Crippen molar-refractivity contribution in [2.45, 2.75) is 27.7 Å². The van der Waals surface area contributed by atoms with E-state index in [4.69, 9.17) is 16.2 Å². The highest BCUT2D eigenvalue weighted by Gasteiger charge is 2.20. The van der Waals surface area contributed by atoms with Gasteiger partial charge in [-0.2, -0.15) is 4.98 Å². The van der Waals surface area contributed by atoms with Crippen LogP contribution in [-0.4, -0.2) is 29.2 Å². The quantitative estimate of drug-likeness (QED) is 0.742. The minimum Gasteiger partial charge on any atom is -0.449 e. The van der Waals surface area contributed by atoms with E-state index in [2.05, 4.69) is 33.5 Å². The largest absolute Gasteiger partial charge is 0.449 e.